The summed E-state index contributed by atoms with van der Waals surface area (Å²) in [6.45, 7) is 0. The Morgan fingerprint density at radius 3 is 2.47 bits per heavy atom. The van der Waals surface area contributed by atoms with Crippen molar-refractivity contribution >= 4 is 23.6 Å². The van der Waals surface area contributed by atoms with Gasteiger partial charge in [-0.2, -0.15) is 5.26 Å². The first-order valence-electron chi connectivity index (χ1n) is 11.6. The van der Waals surface area contributed by atoms with Gasteiger partial charge in [-0.05, 0) is 37.0 Å². The van der Waals surface area contributed by atoms with E-state index in [1.165, 1.54) is 0 Å². The summed E-state index contributed by atoms with van der Waals surface area (Å²) in [5, 5.41) is 20.5. The predicted octanol–water partition coefficient (Wildman–Crippen LogP) is 2.14. The average molecular weight is 480 g/mol. The lowest BCUT2D eigenvalue weighted by Gasteiger charge is -2.42. The highest BCUT2D eigenvalue weighted by Gasteiger charge is 2.48. The highest BCUT2D eigenvalue weighted by atomic mass is 16.2. The Labute approximate surface area is 205 Å². The Bertz CT molecular complexity index is 1480. The average Bonchev–Trinajstić information content (AvgIpc) is 3.43. The molecule has 3 heterocycles. The number of benzene rings is 2. The van der Waals surface area contributed by atoms with Crippen LogP contribution in [0.25, 0.3) is 11.3 Å². The van der Waals surface area contributed by atoms with Gasteiger partial charge in [0.25, 0.3) is 11.8 Å². The van der Waals surface area contributed by atoms with E-state index in [9.17, 15) is 24.4 Å². The van der Waals surface area contributed by atoms with Crippen molar-refractivity contribution < 1.29 is 19.2 Å². The van der Waals surface area contributed by atoms with Gasteiger partial charge in [-0.1, -0.05) is 41.6 Å². The van der Waals surface area contributed by atoms with E-state index in [1.807, 2.05) is 30.3 Å². The molecule has 0 bridgehead atoms. The van der Waals surface area contributed by atoms with Crippen molar-refractivity contribution in [2.24, 2.45) is 0 Å². The molecular formula is C26H20N6O4. The Kier molecular flexibility index (Phi) is 4.83. The fourth-order valence-corrected chi connectivity index (χ4v) is 5.30. The van der Waals surface area contributed by atoms with Gasteiger partial charge in [-0.25, -0.2) is 4.68 Å². The van der Waals surface area contributed by atoms with Crippen LogP contribution in [0.1, 0.15) is 58.0 Å². The molecule has 1 N–H and O–H groups in total. The third-order valence-corrected chi connectivity index (χ3v) is 7.33. The van der Waals surface area contributed by atoms with Crippen molar-refractivity contribution in [3.05, 3.63) is 71.4 Å². The number of carbonyl (C=O) groups excluding carboxylic acids is 4. The summed E-state index contributed by atoms with van der Waals surface area (Å²) in [7, 11) is 0. The molecule has 3 aromatic rings. The van der Waals surface area contributed by atoms with Gasteiger partial charge in [-0.3, -0.25) is 29.4 Å². The van der Waals surface area contributed by atoms with Crippen LogP contribution >= 0.6 is 0 Å². The molecular weight excluding hydrogens is 460 g/mol. The minimum atomic E-state index is -1.01. The minimum Gasteiger partial charge on any atom is -0.295 e. The Hall–Kier alpha value is -4.65. The highest BCUT2D eigenvalue weighted by Crippen LogP contribution is 2.49. The zero-order valence-electron chi connectivity index (χ0n) is 19.0. The van der Waals surface area contributed by atoms with E-state index in [0.717, 1.165) is 10.5 Å². The van der Waals surface area contributed by atoms with Crippen LogP contribution < -0.4 is 5.32 Å². The van der Waals surface area contributed by atoms with Gasteiger partial charge in [0, 0.05) is 12.0 Å². The first kappa shape index (κ1) is 21.9. The van der Waals surface area contributed by atoms with Crippen molar-refractivity contribution in [3.8, 4) is 17.3 Å². The van der Waals surface area contributed by atoms with E-state index < -0.39 is 35.1 Å². The van der Waals surface area contributed by atoms with Crippen LogP contribution in [0, 0.1) is 11.3 Å². The van der Waals surface area contributed by atoms with Gasteiger partial charge >= 0.3 is 0 Å². The smallest absolute Gasteiger partial charge is 0.262 e. The van der Waals surface area contributed by atoms with Crippen molar-refractivity contribution in [1.29, 1.82) is 5.26 Å². The third kappa shape index (κ3) is 3.24. The summed E-state index contributed by atoms with van der Waals surface area (Å²) in [4.78, 5) is 50.7. The Morgan fingerprint density at radius 2 is 1.75 bits per heavy atom. The predicted molar refractivity (Wildman–Crippen MR) is 124 cm³/mol. The Balaban J connectivity index is 1.22. The van der Waals surface area contributed by atoms with Crippen LogP contribution in [0.15, 0.2) is 54.7 Å². The molecule has 178 valence electrons. The van der Waals surface area contributed by atoms with Gasteiger partial charge in [0.2, 0.25) is 11.8 Å². The molecule has 10 nitrogen and oxygen atoms in total. The number of carbonyl (C=O) groups is 4. The monoisotopic (exact) mass is 480 g/mol. The van der Waals surface area contributed by atoms with E-state index in [2.05, 4.69) is 21.7 Å². The topological polar surface area (TPSA) is 138 Å². The summed E-state index contributed by atoms with van der Waals surface area (Å²) < 4.78 is 1.74. The first-order valence-corrected chi connectivity index (χ1v) is 11.6. The molecule has 6 rings (SSSR count). The number of piperidine rings is 1. The number of amides is 4. The van der Waals surface area contributed by atoms with Crippen LogP contribution in [0.2, 0.25) is 0 Å². The van der Waals surface area contributed by atoms with Gasteiger partial charge < -0.3 is 0 Å². The first-order chi connectivity index (χ1) is 17.4. The van der Waals surface area contributed by atoms with Crippen molar-refractivity contribution in [2.45, 2.75) is 43.2 Å². The van der Waals surface area contributed by atoms with Gasteiger partial charge in [0.05, 0.1) is 34.8 Å². The summed E-state index contributed by atoms with van der Waals surface area (Å²) >= 11 is 0. The molecule has 10 heteroatoms. The fraction of sp³-hybridized carbons (Fsp3) is 0.269. The largest absolute Gasteiger partial charge is 0.295 e. The van der Waals surface area contributed by atoms with Crippen molar-refractivity contribution in [2.75, 3.05) is 0 Å². The number of imide groups is 2. The molecule has 1 saturated carbocycles. The molecule has 0 radical (unpaired) electrons. The molecule has 2 fully saturated rings. The van der Waals surface area contributed by atoms with Crippen molar-refractivity contribution in [3.63, 3.8) is 0 Å². The molecule has 2 aliphatic heterocycles. The molecule has 0 spiro atoms. The van der Waals surface area contributed by atoms with Crippen LogP contribution in [-0.4, -0.2) is 49.6 Å². The van der Waals surface area contributed by atoms with E-state index in [-0.39, 0.29) is 30.0 Å². The van der Waals surface area contributed by atoms with Crippen LogP contribution in [0.4, 0.5) is 0 Å². The van der Waals surface area contributed by atoms with Crippen LogP contribution in [-0.2, 0) is 15.0 Å². The summed E-state index contributed by atoms with van der Waals surface area (Å²) in [6, 6.07) is 16.0. The van der Waals surface area contributed by atoms with Crippen LogP contribution in [0.3, 0.4) is 0 Å². The second-order valence-corrected chi connectivity index (χ2v) is 9.41. The normalized spacial score (nSPS) is 25.2. The number of rotatable bonds is 4. The van der Waals surface area contributed by atoms with E-state index in [0.29, 0.717) is 24.1 Å². The summed E-state index contributed by atoms with van der Waals surface area (Å²) in [5.74, 6) is -2.18. The minimum absolute atomic E-state index is 0.0201. The van der Waals surface area contributed by atoms with E-state index in [4.69, 9.17) is 0 Å². The molecule has 3 aliphatic rings. The summed E-state index contributed by atoms with van der Waals surface area (Å²) in [5.41, 5.74) is 1.99. The van der Waals surface area contributed by atoms with E-state index >= 15 is 0 Å². The SMILES string of the molecule is N#CC1(c2ccccc2)CC(n2cc(-c3ccc4c(c3)C(=O)N(C3CCC(=O)NC3=O)C4=O)nn2)C1. The maximum atomic E-state index is 13.1. The molecule has 1 atom stereocenters. The zero-order valence-corrected chi connectivity index (χ0v) is 19.0. The second kappa shape index (κ2) is 7.95. The number of hydrogen-bond acceptors (Lipinski definition) is 7. The molecule has 1 aliphatic carbocycles. The quantitative estimate of drug-likeness (QED) is 0.565. The zero-order chi connectivity index (χ0) is 25.0. The Morgan fingerprint density at radius 1 is 1.00 bits per heavy atom. The number of aromatic nitrogens is 3. The molecule has 4 amide bonds. The van der Waals surface area contributed by atoms with Crippen molar-refractivity contribution in [1.82, 2.24) is 25.2 Å². The molecule has 1 unspecified atom stereocenters. The number of fused-ring (bicyclic) bond motifs is 1. The number of nitriles is 1. The lowest BCUT2D eigenvalue weighted by atomic mass is 9.62. The molecule has 1 aromatic heterocycles. The van der Waals surface area contributed by atoms with Gasteiger partial charge in [0.15, 0.2) is 0 Å². The van der Waals surface area contributed by atoms with Crippen LogP contribution in [0.5, 0.6) is 0 Å². The summed E-state index contributed by atoms with van der Waals surface area (Å²) in [6.07, 6.45) is 3.18. The third-order valence-electron chi connectivity index (χ3n) is 7.33. The van der Waals surface area contributed by atoms with E-state index in [1.54, 1.807) is 29.1 Å². The fourth-order valence-electron chi connectivity index (χ4n) is 5.30. The standard InChI is InChI=1S/C26H20N6O4/c27-14-26(16-4-2-1-3-5-16)11-17(12-26)31-13-20(29-30-31)15-6-7-18-19(10-15)25(36)32(24(18)35)21-8-9-22(33)28-23(21)34/h1-7,10,13,17,21H,8-9,11-12H2,(H,28,33,34). The number of nitrogens with one attached hydrogen (secondary N) is 1. The highest BCUT2D eigenvalue weighted by molar-refractivity contribution is 6.23. The molecule has 2 aromatic carbocycles. The molecule has 1 saturated heterocycles. The van der Waals surface area contributed by atoms with Gasteiger partial charge in [-0.15, -0.1) is 5.10 Å². The lowest BCUT2D eigenvalue weighted by molar-refractivity contribution is -0.136. The van der Waals surface area contributed by atoms with Gasteiger partial charge in [0.1, 0.15) is 11.7 Å². The molecule has 36 heavy (non-hydrogen) atoms. The maximum absolute atomic E-state index is 13.1. The number of hydrogen-bond donors (Lipinski definition) is 1. The maximum Gasteiger partial charge on any atom is 0.262 e. The lowest BCUT2D eigenvalue weighted by Crippen LogP contribution is -2.54. The number of nitrogens with zero attached hydrogens (tertiary/aromatic N) is 5. The second-order valence-electron chi connectivity index (χ2n) is 9.41.